The van der Waals surface area contributed by atoms with Crippen molar-refractivity contribution < 1.29 is 9.31 Å². The number of benzene rings is 3. The Kier molecular flexibility index (Phi) is 3.70. The molecule has 136 valence electrons. The molecule has 1 aliphatic heterocycles. The molecule has 27 heavy (non-hydrogen) atoms. The van der Waals surface area contributed by atoms with E-state index in [4.69, 9.17) is 20.9 Å². The van der Waals surface area contributed by atoms with E-state index in [1.807, 2.05) is 12.1 Å². The molecule has 2 nitrogen and oxygen atoms in total. The second-order valence-corrected chi connectivity index (χ2v) is 9.71. The first-order valence-electron chi connectivity index (χ1n) is 9.16. The van der Waals surface area contributed by atoms with Crippen molar-refractivity contribution in [3.8, 4) is 0 Å². The smallest absolute Gasteiger partial charge is 0.399 e. The van der Waals surface area contributed by atoms with Gasteiger partial charge in [0.05, 0.1) is 11.2 Å². The van der Waals surface area contributed by atoms with Crippen molar-refractivity contribution in [3.63, 3.8) is 0 Å². The summed E-state index contributed by atoms with van der Waals surface area (Å²) in [6.07, 6.45) is 0. The molecular formula is C22H20BClO2S. The average molecular weight is 395 g/mol. The lowest BCUT2D eigenvalue weighted by molar-refractivity contribution is 0.00578. The van der Waals surface area contributed by atoms with Gasteiger partial charge in [-0.15, -0.1) is 11.3 Å². The highest BCUT2D eigenvalue weighted by atomic mass is 35.5. The van der Waals surface area contributed by atoms with Crippen LogP contribution in [-0.2, 0) is 9.31 Å². The molecule has 3 aromatic carbocycles. The Morgan fingerprint density at radius 2 is 1.59 bits per heavy atom. The summed E-state index contributed by atoms with van der Waals surface area (Å²) in [5.74, 6) is 0. The third kappa shape index (κ3) is 2.55. The van der Waals surface area contributed by atoms with Crippen molar-refractivity contribution in [3.05, 3.63) is 53.6 Å². The van der Waals surface area contributed by atoms with Crippen LogP contribution < -0.4 is 5.46 Å². The van der Waals surface area contributed by atoms with Crippen LogP contribution in [0.25, 0.3) is 30.9 Å². The molecule has 0 spiro atoms. The van der Waals surface area contributed by atoms with Crippen molar-refractivity contribution >= 4 is 66.5 Å². The van der Waals surface area contributed by atoms with Crippen LogP contribution in [0.15, 0.2) is 48.5 Å². The number of rotatable bonds is 1. The third-order valence-corrected chi connectivity index (χ3v) is 7.39. The van der Waals surface area contributed by atoms with E-state index < -0.39 is 7.12 Å². The number of fused-ring (bicyclic) bond motifs is 5. The lowest BCUT2D eigenvalue weighted by Crippen LogP contribution is -2.41. The summed E-state index contributed by atoms with van der Waals surface area (Å²) in [7, 11) is -0.393. The maximum Gasteiger partial charge on any atom is 0.495 e. The molecule has 0 atom stereocenters. The van der Waals surface area contributed by atoms with Crippen molar-refractivity contribution in [1.29, 1.82) is 0 Å². The molecule has 0 unspecified atom stereocenters. The van der Waals surface area contributed by atoms with E-state index in [1.165, 1.54) is 30.9 Å². The Morgan fingerprint density at radius 1 is 0.889 bits per heavy atom. The van der Waals surface area contributed by atoms with Gasteiger partial charge in [0.2, 0.25) is 0 Å². The van der Waals surface area contributed by atoms with E-state index in [0.29, 0.717) is 0 Å². The lowest BCUT2D eigenvalue weighted by atomic mass is 9.75. The molecule has 1 saturated heterocycles. The largest absolute Gasteiger partial charge is 0.495 e. The predicted molar refractivity (Wildman–Crippen MR) is 118 cm³/mol. The molecule has 4 aromatic rings. The van der Waals surface area contributed by atoms with E-state index in [9.17, 15) is 0 Å². The van der Waals surface area contributed by atoms with Crippen LogP contribution in [0, 0.1) is 0 Å². The number of halogens is 1. The highest BCUT2D eigenvalue weighted by Gasteiger charge is 2.52. The van der Waals surface area contributed by atoms with Gasteiger partial charge in [0, 0.05) is 25.2 Å². The van der Waals surface area contributed by atoms with E-state index in [2.05, 4.69) is 64.1 Å². The zero-order valence-electron chi connectivity index (χ0n) is 15.8. The Morgan fingerprint density at radius 3 is 2.33 bits per heavy atom. The van der Waals surface area contributed by atoms with Crippen LogP contribution in [-0.4, -0.2) is 18.3 Å². The minimum atomic E-state index is -0.393. The average Bonchev–Trinajstić information content (AvgIpc) is 3.08. The van der Waals surface area contributed by atoms with Gasteiger partial charge in [-0.1, -0.05) is 48.0 Å². The fourth-order valence-corrected chi connectivity index (χ4v) is 5.32. The van der Waals surface area contributed by atoms with E-state index in [-0.39, 0.29) is 11.2 Å². The molecule has 0 saturated carbocycles. The Bertz CT molecular complexity index is 1200. The Labute approximate surface area is 168 Å². The monoisotopic (exact) mass is 394 g/mol. The number of hydrogen-bond acceptors (Lipinski definition) is 3. The van der Waals surface area contributed by atoms with E-state index >= 15 is 0 Å². The fraction of sp³-hybridized carbons (Fsp3) is 0.273. The topological polar surface area (TPSA) is 18.5 Å². The molecule has 2 heterocycles. The predicted octanol–water partition coefficient (Wildman–Crippen LogP) is 6.16. The molecule has 1 aromatic heterocycles. The van der Waals surface area contributed by atoms with Gasteiger partial charge in [-0.25, -0.2) is 0 Å². The SMILES string of the molecule is CC1(C)OB(c2cc3ccccc3c3sc4cc(Cl)ccc4c23)OC1(C)C. The molecule has 5 rings (SSSR count). The van der Waals surface area contributed by atoms with Gasteiger partial charge in [0.15, 0.2) is 0 Å². The van der Waals surface area contributed by atoms with Gasteiger partial charge >= 0.3 is 7.12 Å². The second-order valence-electron chi connectivity index (χ2n) is 8.22. The molecule has 1 fully saturated rings. The number of thiophene rings is 1. The van der Waals surface area contributed by atoms with Crippen molar-refractivity contribution in [1.82, 2.24) is 0 Å². The first-order chi connectivity index (χ1) is 12.8. The zero-order valence-corrected chi connectivity index (χ0v) is 17.4. The van der Waals surface area contributed by atoms with Gasteiger partial charge in [-0.3, -0.25) is 0 Å². The lowest BCUT2D eigenvalue weighted by Gasteiger charge is -2.32. The summed E-state index contributed by atoms with van der Waals surface area (Å²) in [6, 6.07) is 16.8. The molecule has 0 N–H and O–H groups in total. The summed E-state index contributed by atoms with van der Waals surface area (Å²) in [5, 5.41) is 5.63. The molecular weight excluding hydrogens is 375 g/mol. The molecule has 0 radical (unpaired) electrons. The van der Waals surface area contributed by atoms with Crippen LogP contribution in [0.3, 0.4) is 0 Å². The van der Waals surface area contributed by atoms with Crippen LogP contribution in [0.1, 0.15) is 27.7 Å². The van der Waals surface area contributed by atoms with Gasteiger partial charge in [-0.2, -0.15) is 0 Å². The highest BCUT2D eigenvalue weighted by Crippen LogP contribution is 2.41. The van der Waals surface area contributed by atoms with Crippen LogP contribution in [0.5, 0.6) is 0 Å². The number of hydrogen-bond donors (Lipinski definition) is 0. The molecule has 1 aliphatic rings. The van der Waals surface area contributed by atoms with Crippen molar-refractivity contribution in [2.24, 2.45) is 0 Å². The van der Waals surface area contributed by atoms with Crippen molar-refractivity contribution in [2.45, 2.75) is 38.9 Å². The standard InChI is InChI=1S/C22H20BClO2S/c1-21(2)22(3,4)26-23(25-21)17-11-13-7-5-6-8-15(13)20-19(17)16-10-9-14(24)12-18(16)27-20/h5-12H,1-4H3. The fourth-order valence-electron chi connectivity index (χ4n) is 3.77. The maximum atomic E-state index is 6.41. The maximum absolute atomic E-state index is 6.41. The molecule has 0 bridgehead atoms. The summed E-state index contributed by atoms with van der Waals surface area (Å²) in [6.45, 7) is 8.38. The highest BCUT2D eigenvalue weighted by molar-refractivity contribution is 7.27. The minimum Gasteiger partial charge on any atom is -0.399 e. The molecule has 0 amide bonds. The third-order valence-electron chi connectivity index (χ3n) is 5.96. The second kappa shape index (κ2) is 5.71. The van der Waals surface area contributed by atoms with Gasteiger partial charge in [0.25, 0.3) is 0 Å². The van der Waals surface area contributed by atoms with E-state index in [0.717, 1.165) is 10.5 Å². The van der Waals surface area contributed by atoms with Crippen LogP contribution >= 0.6 is 22.9 Å². The molecule has 5 heteroatoms. The van der Waals surface area contributed by atoms with Crippen molar-refractivity contribution in [2.75, 3.05) is 0 Å². The van der Waals surface area contributed by atoms with Gasteiger partial charge in [0.1, 0.15) is 0 Å². The summed E-state index contributed by atoms with van der Waals surface area (Å²) in [5.41, 5.74) is 0.353. The van der Waals surface area contributed by atoms with Crippen LogP contribution in [0.2, 0.25) is 5.02 Å². The Balaban J connectivity index is 1.87. The molecule has 0 aliphatic carbocycles. The van der Waals surface area contributed by atoms with Gasteiger partial charge in [-0.05, 0) is 56.1 Å². The summed E-state index contributed by atoms with van der Waals surface area (Å²) >= 11 is 8.05. The zero-order chi connectivity index (χ0) is 19.0. The Hall–Kier alpha value is -1.59. The summed E-state index contributed by atoms with van der Waals surface area (Å²) in [4.78, 5) is 0. The van der Waals surface area contributed by atoms with Crippen LogP contribution in [0.4, 0.5) is 0 Å². The first-order valence-corrected chi connectivity index (χ1v) is 10.4. The first kappa shape index (κ1) is 17.5. The minimum absolute atomic E-state index is 0.370. The van der Waals surface area contributed by atoms with Gasteiger partial charge < -0.3 is 9.31 Å². The quantitative estimate of drug-likeness (QED) is 0.360. The normalized spacial score (nSPS) is 18.8. The van der Waals surface area contributed by atoms with E-state index in [1.54, 1.807) is 11.3 Å². The summed E-state index contributed by atoms with van der Waals surface area (Å²) < 4.78 is 15.3.